The summed E-state index contributed by atoms with van der Waals surface area (Å²) < 4.78 is 9.79. The molecule has 4 nitrogen and oxygen atoms in total. The maximum absolute atomic E-state index is 11.8. The quantitative estimate of drug-likeness (QED) is 0.616. The lowest BCUT2D eigenvalue weighted by molar-refractivity contribution is -0.135. The number of ketones is 1. The van der Waals surface area contributed by atoms with Gasteiger partial charge >= 0.3 is 5.97 Å². The number of rotatable bonds is 2. The zero-order valence-electron chi connectivity index (χ0n) is 10.4. The van der Waals surface area contributed by atoms with Crippen molar-refractivity contribution >= 4 is 29.1 Å². The van der Waals surface area contributed by atoms with E-state index < -0.39 is 11.8 Å². The van der Waals surface area contributed by atoms with Crippen LogP contribution in [0.3, 0.4) is 0 Å². The molecular weight excluding hydrogens is 268 g/mol. The van der Waals surface area contributed by atoms with Crippen molar-refractivity contribution in [3.8, 4) is 0 Å². The maximum atomic E-state index is 11.8. The van der Waals surface area contributed by atoms with E-state index in [0.29, 0.717) is 5.56 Å². The van der Waals surface area contributed by atoms with Gasteiger partial charge in [-0.25, -0.2) is 4.79 Å². The molecule has 2 rings (SSSR count). The number of benzene rings is 1. The highest BCUT2D eigenvalue weighted by molar-refractivity contribution is 6.49. The zero-order valence-corrected chi connectivity index (χ0v) is 11.2. The Hall–Kier alpha value is -2.07. The Morgan fingerprint density at radius 3 is 2.53 bits per heavy atom. The fourth-order valence-corrected chi connectivity index (χ4v) is 1.80. The van der Waals surface area contributed by atoms with Gasteiger partial charge in [0, 0.05) is 5.56 Å². The van der Waals surface area contributed by atoms with Gasteiger partial charge in [0.25, 0.3) is 0 Å². The molecule has 0 aliphatic carbocycles. The molecule has 98 valence electrons. The van der Waals surface area contributed by atoms with E-state index in [2.05, 4.69) is 4.74 Å². The van der Waals surface area contributed by atoms with E-state index in [1.54, 1.807) is 12.1 Å². The summed E-state index contributed by atoms with van der Waals surface area (Å²) in [5.74, 6) is -1.07. The number of esters is 1. The summed E-state index contributed by atoms with van der Waals surface area (Å²) in [5.41, 5.74) is 1.76. The maximum Gasteiger partial charge on any atom is 0.334 e. The molecule has 0 unspecified atom stereocenters. The molecule has 1 aliphatic rings. The van der Waals surface area contributed by atoms with Crippen LogP contribution < -0.4 is 0 Å². The molecule has 0 aromatic heterocycles. The molecule has 0 bridgehead atoms. The van der Waals surface area contributed by atoms with E-state index in [1.165, 1.54) is 7.11 Å². The van der Waals surface area contributed by atoms with Gasteiger partial charge in [0.2, 0.25) is 5.78 Å². The summed E-state index contributed by atoms with van der Waals surface area (Å²) in [6.07, 6.45) is 0.978. The molecular formula is C14H11ClO4. The molecule has 0 amide bonds. The van der Waals surface area contributed by atoms with Crippen molar-refractivity contribution in [3.63, 3.8) is 0 Å². The van der Waals surface area contributed by atoms with E-state index >= 15 is 0 Å². The van der Waals surface area contributed by atoms with Gasteiger partial charge in [-0.3, -0.25) is 4.79 Å². The average molecular weight is 279 g/mol. The van der Waals surface area contributed by atoms with Crippen molar-refractivity contribution in [2.24, 2.45) is 0 Å². The number of hydrogen-bond donors (Lipinski definition) is 0. The van der Waals surface area contributed by atoms with Gasteiger partial charge in [0.1, 0.15) is 5.03 Å². The molecule has 1 heterocycles. The molecule has 0 saturated heterocycles. The fraction of sp³-hybridized carbons (Fsp3) is 0.143. The highest BCUT2D eigenvalue weighted by Crippen LogP contribution is 2.34. The SMILES string of the molecule is COC(=O)/C=C1\OC(c2ccc(C)cc2)=C(Cl)C1=O. The molecule has 0 radical (unpaired) electrons. The number of ether oxygens (including phenoxy) is 2. The van der Waals surface area contributed by atoms with E-state index in [1.807, 2.05) is 19.1 Å². The second-order valence-corrected chi connectivity index (χ2v) is 4.35. The van der Waals surface area contributed by atoms with E-state index in [-0.39, 0.29) is 16.6 Å². The van der Waals surface area contributed by atoms with Crippen LogP contribution in [0.1, 0.15) is 11.1 Å². The first-order valence-electron chi connectivity index (χ1n) is 5.52. The first-order valence-corrected chi connectivity index (χ1v) is 5.89. The predicted molar refractivity (Wildman–Crippen MR) is 70.1 cm³/mol. The highest BCUT2D eigenvalue weighted by atomic mass is 35.5. The van der Waals surface area contributed by atoms with Gasteiger partial charge in [-0.05, 0) is 6.92 Å². The van der Waals surface area contributed by atoms with Crippen molar-refractivity contribution < 1.29 is 19.1 Å². The summed E-state index contributed by atoms with van der Waals surface area (Å²) >= 11 is 5.94. The van der Waals surface area contributed by atoms with Crippen LogP contribution in [-0.4, -0.2) is 18.9 Å². The van der Waals surface area contributed by atoms with E-state index in [0.717, 1.165) is 11.6 Å². The van der Waals surface area contributed by atoms with Crippen molar-refractivity contribution in [1.82, 2.24) is 0 Å². The Labute approximate surface area is 115 Å². The largest absolute Gasteiger partial charge is 0.466 e. The molecule has 1 aromatic rings. The number of halogens is 1. The zero-order chi connectivity index (χ0) is 14.0. The summed E-state index contributed by atoms with van der Waals surface area (Å²) in [6, 6.07) is 7.34. The average Bonchev–Trinajstić information content (AvgIpc) is 2.68. The number of hydrogen-bond acceptors (Lipinski definition) is 4. The van der Waals surface area contributed by atoms with Crippen LogP contribution in [0.4, 0.5) is 0 Å². The van der Waals surface area contributed by atoms with Crippen molar-refractivity contribution in [1.29, 1.82) is 0 Å². The Morgan fingerprint density at radius 1 is 1.32 bits per heavy atom. The van der Waals surface area contributed by atoms with Crippen molar-refractivity contribution in [2.75, 3.05) is 7.11 Å². The van der Waals surface area contributed by atoms with Crippen molar-refractivity contribution in [3.05, 3.63) is 52.3 Å². The molecule has 0 fully saturated rings. The first-order chi connectivity index (χ1) is 9.02. The van der Waals surface area contributed by atoms with Gasteiger partial charge in [-0.2, -0.15) is 0 Å². The predicted octanol–water partition coefficient (Wildman–Crippen LogP) is 2.56. The van der Waals surface area contributed by atoms with Crippen LogP contribution in [-0.2, 0) is 19.1 Å². The molecule has 0 N–H and O–H groups in total. The Morgan fingerprint density at radius 2 is 1.95 bits per heavy atom. The van der Waals surface area contributed by atoms with Gasteiger partial charge in [0.15, 0.2) is 11.5 Å². The second-order valence-electron chi connectivity index (χ2n) is 3.97. The van der Waals surface area contributed by atoms with Crippen LogP contribution in [0.2, 0.25) is 0 Å². The number of aryl methyl sites for hydroxylation is 1. The lowest BCUT2D eigenvalue weighted by Gasteiger charge is -2.04. The fourth-order valence-electron chi connectivity index (χ4n) is 1.56. The lowest BCUT2D eigenvalue weighted by atomic mass is 10.1. The number of carbonyl (C=O) groups excluding carboxylic acids is 2. The van der Waals surface area contributed by atoms with Crippen LogP contribution in [0.5, 0.6) is 0 Å². The molecule has 0 atom stereocenters. The minimum absolute atomic E-state index is 0.0426. The van der Waals surface area contributed by atoms with Gasteiger partial charge in [-0.1, -0.05) is 41.4 Å². The standard InChI is InChI=1S/C14H11ClO4/c1-8-3-5-9(6-4-8)14-12(15)13(17)10(19-14)7-11(16)18-2/h3-7H,1-2H3/b10-7-. The third-order valence-corrected chi connectivity index (χ3v) is 2.94. The second kappa shape index (κ2) is 5.28. The minimum atomic E-state index is -0.669. The Kier molecular flexibility index (Phi) is 3.71. The highest BCUT2D eigenvalue weighted by Gasteiger charge is 2.30. The number of allylic oxidation sites excluding steroid dienone is 1. The number of methoxy groups -OCH3 is 1. The van der Waals surface area contributed by atoms with Gasteiger partial charge in [-0.15, -0.1) is 0 Å². The van der Waals surface area contributed by atoms with Gasteiger partial charge in [0.05, 0.1) is 13.2 Å². The molecule has 0 saturated carbocycles. The van der Waals surface area contributed by atoms with Crippen LogP contribution >= 0.6 is 11.6 Å². The molecule has 5 heteroatoms. The molecule has 0 spiro atoms. The summed E-state index contributed by atoms with van der Waals surface area (Å²) in [6.45, 7) is 1.95. The van der Waals surface area contributed by atoms with Crippen LogP contribution in [0.15, 0.2) is 41.1 Å². The van der Waals surface area contributed by atoms with Gasteiger partial charge < -0.3 is 9.47 Å². The lowest BCUT2D eigenvalue weighted by Crippen LogP contribution is -2.02. The third kappa shape index (κ3) is 2.69. The van der Waals surface area contributed by atoms with Crippen LogP contribution in [0, 0.1) is 6.92 Å². The number of Topliss-reactive ketones (excluding diaryl/α,β-unsaturated/α-hetero) is 1. The first kappa shape index (κ1) is 13.4. The number of carbonyl (C=O) groups is 2. The van der Waals surface area contributed by atoms with E-state index in [4.69, 9.17) is 16.3 Å². The van der Waals surface area contributed by atoms with Crippen LogP contribution in [0.25, 0.3) is 5.76 Å². The van der Waals surface area contributed by atoms with Crippen molar-refractivity contribution in [2.45, 2.75) is 6.92 Å². The summed E-state index contributed by atoms with van der Waals surface area (Å²) in [4.78, 5) is 22.9. The van der Waals surface area contributed by atoms with E-state index in [9.17, 15) is 9.59 Å². The monoisotopic (exact) mass is 278 g/mol. The Balaban J connectivity index is 2.33. The summed E-state index contributed by atoms with van der Waals surface area (Å²) in [7, 11) is 1.22. The minimum Gasteiger partial charge on any atom is -0.466 e. The third-order valence-electron chi connectivity index (χ3n) is 2.60. The normalized spacial score (nSPS) is 16.8. The summed E-state index contributed by atoms with van der Waals surface area (Å²) in [5, 5.41) is -0.0426. The smallest absolute Gasteiger partial charge is 0.334 e. The Bertz CT molecular complexity index is 596. The topological polar surface area (TPSA) is 52.6 Å². The molecule has 1 aromatic carbocycles. The molecule has 1 aliphatic heterocycles. The molecule has 19 heavy (non-hydrogen) atoms.